The smallest absolute Gasteiger partial charge is 0.339 e. The fourth-order valence-corrected chi connectivity index (χ4v) is 28.4. The van der Waals surface area contributed by atoms with Crippen LogP contribution < -0.4 is 5.73 Å². The van der Waals surface area contributed by atoms with E-state index in [1.54, 1.807) is 16.8 Å². The number of benzene rings is 1. The van der Waals surface area contributed by atoms with Crippen molar-refractivity contribution in [2.24, 2.45) is 104 Å². The molecule has 18 atom stereocenters. The first-order valence-electron chi connectivity index (χ1n) is 35.5. The van der Waals surface area contributed by atoms with Gasteiger partial charge < -0.3 is 25.2 Å². The third-order valence-electron chi connectivity index (χ3n) is 30.6. The predicted molar refractivity (Wildman–Crippen MR) is 320 cm³/mol. The van der Waals surface area contributed by atoms with Crippen LogP contribution in [0.5, 0.6) is 0 Å². The number of carbonyl (C=O) groups excluding carboxylic acids is 2. The monoisotopic (exact) mass is 1120 g/mol. The highest BCUT2D eigenvalue weighted by Crippen LogP contribution is 2.89. The first-order chi connectivity index (χ1) is 40.7. The molecule has 1 aromatic rings. The van der Waals surface area contributed by atoms with E-state index >= 15 is 9.59 Å². The van der Waals surface area contributed by atoms with Crippen LogP contribution in [0.2, 0.25) is 0 Å². The number of piperidine rings is 2. The molecule has 3 saturated heterocycles. The molecule has 7 saturated carbocycles. The molecule has 0 amide bonds. The Morgan fingerprint density at radius 1 is 0.735 bits per heavy atom. The highest BCUT2D eigenvalue weighted by molar-refractivity contribution is 6.00. The van der Waals surface area contributed by atoms with Crippen LogP contribution in [0.1, 0.15) is 227 Å². The number of fused-ring (bicyclic) bond motifs is 8. The SMILES string of the molecule is NCCCc1cccc2c1C(=O)O[C@@]21[C@H]2C[C@H](C3CCCC3)/C=C\[C@@H]3C[C@@H]4[C@@H]5C6=C3[C@@]23C(=O)O/C(=C(/O)C[C@H]2[C@@H]7CC8(CCCC8)[C@]8(CCC[C@]89CCC[C@@H]9C#CC[C@@H]8[C@@H]9C[C@H](CN82)[C@H]2CCC(=C5N2C9)C[C@H]4C2CCCCC2)C7)[C@]31CC6. The lowest BCUT2D eigenvalue weighted by Crippen LogP contribution is -2.78. The van der Waals surface area contributed by atoms with E-state index in [1.807, 2.05) is 0 Å². The van der Waals surface area contributed by atoms with Crippen molar-refractivity contribution in [3.05, 3.63) is 81.0 Å². The van der Waals surface area contributed by atoms with Gasteiger partial charge >= 0.3 is 11.9 Å². The van der Waals surface area contributed by atoms with Crippen molar-refractivity contribution in [2.45, 2.75) is 236 Å². The number of carbonyl (C=O) groups is 2. The third-order valence-corrected chi connectivity index (χ3v) is 30.6. The summed E-state index contributed by atoms with van der Waals surface area (Å²) in [7, 11) is 0. The first-order valence-corrected chi connectivity index (χ1v) is 35.5. The molecule has 3 N–H and O–H groups in total. The number of hydrogen-bond acceptors (Lipinski definition) is 8. The molecular formula is C75H95N3O5. The summed E-state index contributed by atoms with van der Waals surface area (Å²) in [5, 5.41) is 14.4. The lowest BCUT2D eigenvalue weighted by atomic mass is 9.27. The maximum atomic E-state index is 17.1. The number of allylic oxidation sites excluding steroid dienone is 4. The Bertz CT molecular complexity index is 3170. The molecule has 10 fully saturated rings. The third kappa shape index (κ3) is 6.13. The Balaban J connectivity index is 0.885. The Kier molecular flexibility index (Phi) is 11.1. The van der Waals surface area contributed by atoms with Gasteiger partial charge in [-0.25, -0.2) is 4.79 Å². The van der Waals surface area contributed by atoms with E-state index in [2.05, 4.69) is 52.0 Å². The molecule has 11 aliphatic carbocycles. The zero-order chi connectivity index (χ0) is 55.0. The molecule has 1 aromatic carbocycles. The van der Waals surface area contributed by atoms with Gasteiger partial charge in [0.15, 0.2) is 11.4 Å². The second kappa shape index (κ2) is 17.9. The number of ether oxygens (including phenoxy) is 2. The van der Waals surface area contributed by atoms with Crippen molar-refractivity contribution in [1.82, 2.24) is 9.80 Å². The average molecular weight is 1120 g/mol. The van der Waals surface area contributed by atoms with Crippen LogP contribution in [0.15, 0.2) is 64.3 Å². The van der Waals surface area contributed by atoms with Crippen molar-refractivity contribution in [1.29, 1.82) is 0 Å². The van der Waals surface area contributed by atoms with Gasteiger partial charge in [0.2, 0.25) is 0 Å². The molecule has 7 heterocycles. The van der Waals surface area contributed by atoms with Gasteiger partial charge in [0, 0.05) is 73.1 Å². The summed E-state index contributed by atoms with van der Waals surface area (Å²) in [6.07, 6.45) is 44.4. The molecule has 6 spiro atoms. The van der Waals surface area contributed by atoms with Gasteiger partial charge in [-0.15, -0.1) is 5.92 Å². The highest BCUT2D eigenvalue weighted by atomic mass is 16.6. The maximum absolute atomic E-state index is 17.1. The van der Waals surface area contributed by atoms with Gasteiger partial charge in [0.05, 0.1) is 11.0 Å². The summed E-state index contributed by atoms with van der Waals surface area (Å²) in [5.74, 6) is 13.7. The number of hydrogen-bond donors (Lipinski definition) is 2. The summed E-state index contributed by atoms with van der Waals surface area (Å²) in [6, 6.07) is 7.49. The Morgan fingerprint density at radius 2 is 1.57 bits per heavy atom. The number of nitrogens with two attached hydrogens (primary N) is 1. The largest absolute Gasteiger partial charge is 0.509 e. The van der Waals surface area contributed by atoms with Crippen molar-refractivity contribution < 1.29 is 24.2 Å². The molecule has 19 rings (SSSR count). The summed E-state index contributed by atoms with van der Waals surface area (Å²) in [6.45, 7) is 2.75. The van der Waals surface area contributed by atoms with Crippen molar-refractivity contribution in [3.8, 4) is 11.8 Å². The summed E-state index contributed by atoms with van der Waals surface area (Å²) < 4.78 is 15.1. The average Bonchev–Trinajstić information content (AvgIpc) is 1.49. The first kappa shape index (κ1) is 51.3. The fraction of sp³-hybridized carbons (Fsp3) is 0.760. The van der Waals surface area contributed by atoms with E-state index < -0.39 is 16.4 Å². The van der Waals surface area contributed by atoms with Gasteiger partial charge in [-0.05, 0) is 216 Å². The molecule has 0 aromatic heterocycles. The van der Waals surface area contributed by atoms with Crippen LogP contribution in [0.25, 0.3) is 0 Å². The summed E-state index contributed by atoms with van der Waals surface area (Å²) in [4.78, 5) is 38.9. The predicted octanol–water partition coefficient (Wildman–Crippen LogP) is 14.7. The van der Waals surface area contributed by atoms with Crippen LogP contribution in [0, 0.1) is 110 Å². The number of aliphatic hydroxyl groups is 1. The van der Waals surface area contributed by atoms with Gasteiger partial charge in [-0.3, -0.25) is 9.69 Å². The van der Waals surface area contributed by atoms with Gasteiger partial charge in [-0.1, -0.05) is 118 Å². The summed E-state index contributed by atoms with van der Waals surface area (Å²) in [5.41, 5.74) is 13.1. The van der Waals surface area contributed by atoms with Gasteiger partial charge in [0.25, 0.3) is 0 Å². The van der Waals surface area contributed by atoms with E-state index in [-0.39, 0.29) is 47.1 Å². The number of aliphatic hydroxyl groups excluding tert-OH is 1. The van der Waals surface area contributed by atoms with Crippen molar-refractivity contribution >= 4 is 11.9 Å². The number of rotatable bonds is 5. The Hall–Kier alpha value is -3.80. The van der Waals surface area contributed by atoms with Crippen LogP contribution in [0.4, 0.5) is 0 Å². The molecule has 83 heavy (non-hydrogen) atoms. The molecule has 10 bridgehead atoms. The molecule has 0 unspecified atom stereocenters. The van der Waals surface area contributed by atoms with E-state index in [1.165, 1.54) is 166 Å². The van der Waals surface area contributed by atoms with E-state index in [0.29, 0.717) is 107 Å². The molecule has 7 aliphatic heterocycles. The van der Waals surface area contributed by atoms with Crippen LogP contribution in [0.3, 0.4) is 0 Å². The number of nitrogens with zero attached hydrogens (tertiary/aromatic N) is 2. The normalized spacial score (nSPS) is 48.7. The van der Waals surface area contributed by atoms with Crippen molar-refractivity contribution in [3.63, 3.8) is 0 Å². The quantitative estimate of drug-likeness (QED) is 0.171. The number of esters is 2. The zero-order valence-corrected chi connectivity index (χ0v) is 50.1. The summed E-state index contributed by atoms with van der Waals surface area (Å²) >= 11 is 0. The minimum absolute atomic E-state index is 0.101. The highest BCUT2D eigenvalue weighted by Gasteiger charge is 2.94. The van der Waals surface area contributed by atoms with Crippen LogP contribution in [-0.2, 0) is 26.3 Å². The molecule has 8 nitrogen and oxygen atoms in total. The minimum atomic E-state index is -1.16. The Morgan fingerprint density at radius 3 is 2.43 bits per heavy atom. The maximum Gasteiger partial charge on any atom is 0.339 e. The zero-order valence-electron chi connectivity index (χ0n) is 50.1. The molecular weight excluding hydrogens is 1020 g/mol. The van der Waals surface area contributed by atoms with Crippen LogP contribution >= 0.6 is 0 Å². The van der Waals surface area contributed by atoms with E-state index in [9.17, 15) is 5.11 Å². The number of aryl methyl sites for hydroxylation is 1. The molecule has 440 valence electrons. The Labute approximate surface area is 495 Å². The van der Waals surface area contributed by atoms with Gasteiger partial charge in [-0.2, -0.15) is 0 Å². The van der Waals surface area contributed by atoms with Crippen LogP contribution in [-0.4, -0.2) is 64.6 Å². The lowest BCUT2D eigenvalue weighted by Gasteiger charge is -2.73. The van der Waals surface area contributed by atoms with E-state index in [0.717, 1.165) is 62.2 Å². The minimum Gasteiger partial charge on any atom is -0.509 e. The lowest BCUT2D eigenvalue weighted by molar-refractivity contribution is -0.282. The standard InChI is InChI=1S/C75H95N3O5/c76-34-11-18-46-17-8-21-57-63(46)68(80)83-75(57)62-38-47(44-13-4-5-14-44)23-24-48-36-56-55(45-15-2-1-3-16-45)37-49-25-26-59-50-35-51-43-78(59)66(49)64(56)54-27-33-73(75)67(82-69(81)74(62,73)65(48)54)61(79)39-60-52-40-70(28-6-7-29-70)72(41-52)32-12-31-71(72)30-10-20-53(71)19-9-22-58(51)77(60)42-50/h8,17,21,23-24,44-45,47-48,50-53,55-56,58-60,62,64,79H,1-7,10-16,18,20,22,25-43,76H2/b24-23-,67-61+/t47-,48-,50-,51-,52-,53+,55+,56+,58-,59-,60+,62+,64+,71+,72+,73-,74-,75-/m1/s1. The molecule has 18 aliphatic rings. The van der Waals surface area contributed by atoms with E-state index in [4.69, 9.17) is 15.2 Å². The second-order valence-corrected chi connectivity index (χ2v) is 32.6. The molecule has 0 radical (unpaired) electrons. The topological polar surface area (TPSA) is 105 Å². The second-order valence-electron chi connectivity index (χ2n) is 32.6. The molecule has 8 heteroatoms. The fourth-order valence-electron chi connectivity index (χ4n) is 28.4. The van der Waals surface area contributed by atoms with Gasteiger partial charge in [0.1, 0.15) is 11.2 Å². The van der Waals surface area contributed by atoms with Crippen molar-refractivity contribution in [2.75, 3.05) is 19.6 Å².